The number of anilines is 1. The Morgan fingerprint density at radius 2 is 1.84 bits per heavy atom. The Labute approximate surface area is 113 Å². The van der Waals surface area contributed by atoms with E-state index in [2.05, 4.69) is 0 Å². The zero-order valence-corrected chi connectivity index (χ0v) is 11.4. The van der Waals surface area contributed by atoms with Gasteiger partial charge in [-0.1, -0.05) is 12.1 Å². The molecule has 106 valence electrons. The first kappa shape index (κ1) is 14.3. The van der Waals surface area contributed by atoms with Gasteiger partial charge >= 0.3 is 0 Å². The molecule has 4 atom stereocenters. The minimum Gasteiger partial charge on any atom is -0.394 e. The molecule has 0 amide bonds. The van der Waals surface area contributed by atoms with E-state index in [1.54, 1.807) is 0 Å². The Balaban J connectivity index is 2.26. The predicted octanol–water partition coefficient (Wildman–Crippen LogP) is 0.297. The monoisotopic (exact) mass is 267 g/mol. The maximum Gasteiger partial charge on any atom is 0.121 e. The van der Waals surface area contributed by atoms with Crippen LogP contribution < -0.4 is 4.90 Å². The number of hydrogen-bond acceptors (Lipinski definition) is 5. The van der Waals surface area contributed by atoms with E-state index in [-0.39, 0.29) is 6.61 Å². The van der Waals surface area contributed by atoms with Crippen molar-refractivity contribution in [1.82, 2.24) is 0 Å². The van der Waals surface area contributed by atoms with E-state index in [9.17, 15) is 10.2 Å². The van der Waals surface area contributed by atoms with E-state index in [1.165, 1.54) is 6.92 Å². The topological polar surface area (TPSA) is 73.2 Å². The van der Waals surface area contributed by atoms with Gasteiger partial charge in [-0.2, -0.15) is 0 Å². The van der Waals surface area contributed by atoms with E-state index < -0.39 is 23.9 Å². The highest BCUT2D eigenvalue weighted by molar-refractivity contribution is 5.46. The molecule has 0 radical (unpaired) electrons. The van der Waals surface area contributed by atoms with Crippen LogP contribution in [0.15, 0.2) is 24.3 Å². The van der Waals surface area contributed by atoms with Crippen LogP contribution in [0.4, 0.5) is 5.69 Å². The molecule has 1 aromatic carbocycles. The summed E-state index contributed by atoms with van der Waals surface area (Å²) in [6.45, 7) is 1.21. The van der Waals surface area contributed by atoms with Crippen LogP contribution in [0.1, 0.15) is 18.6 Å². The first-order valence-corrected chi connectivity index (χ1v) is 6.32. The molecule has 2 rings (SSSR count). The van der Waals surface area contributed by atoms with Gasteiger partial charge in [0.05, 0.1) is 6.61 Å². The first-order chi connectivity index (χ1) is 8.87. The maximum absolute atomic E-state index is 10.4. The van der Waals surface area contributed by atoms with Gasteiger partial charge in [0.25, 0.3) is 0 Å². The fourth-order valence-corrected chi connectivity index (χ4v) is 2.42. The Morgan fingerprint density at radius 3 is 2.26 bits per heavy atom. The zero-order valence-electron chi connectivity index (χ0n) is 11.4. The molecule has 5 nitrogen and oxygen atoms in total. The van der Waals surface area contributed by atoms with Gasteiger partial charge in [0.15, 0.2) is 0 Å². The molecule has 1 fully saturated rings. The summed E-state index contributed by atoms with van der Waals surface area (Å²) in [5.41, 5.74) is 0.416. The molecule has 0 bridgehead atoms. The van der Waals surface area contributed by atoms with Gasteiger partial charge in [0, 0.05) is 19.8 Å². The van der Waals surface area contributed by atoms with Crippen molar-refractivity contribution < 1.29 is 20.1 Å². The van der Waals surface area contributed by atoms with Crippen molar-refractivity contribution in [2.24, 2.45) is 0 Å². The van der Waals surface area contributed by atoms with Crippen molar-refractivity contribution >= 4 is 5.69 Å². The van der Waals surface area contributed by atoms with Gasteiger partial charge < -0.3 is 25.0 Å². The largest absolute Gasteiger partial charge is 0.394 e. The molecule has 0 aliphatic carbocycles. The third-order valence-electron chi connectivity index (χ3n) is 3.68. The van der Waals surface area contributed by atoms with Crippen LogP contribution >= 0.6 is 0 Å². The van der Waals surface area contributed by atoms with Gasteiger partial charge in [-0.25, -0.2) is 0 Å². The van der Waals surface area contributed by atoms with Crippen LogP contribution in [0, 0.1) is 0 Å². The number of ether oxygens (including phenoxy) is 1. The molecule has 1 heterocycles. The quantitative estimate of drug-likeness (QED) is 0.734. The molecular formula is C14H21NO4. The molecule has 0 spiro atoms. The zero-order chi connectivity index (χ0) is 14.2. The van der Waals surface area contributed by atoms with Crippen molar-refractivity contribution in [3.63, 3.8) is 0 Å². The van der Waals surface area contributed by atoms with Gasteiger partial charge in [0.2, 0.25) is 0 Å². The molecule has 1 saturated heterocycles. The lowest BCUT2D eigenvalue weighted by atomic mass is 9.89. The molecular weight excluding hydrogens is 246 g/mol. The predicted molar refractivity (Wildman–Crippen MR) is 72.1 cm³/mol. The number of aliphatic hydroxyl groups is 3. The normalized spacial score (nSPS) is 34.5. The minimum absolute atomic E-state index is 0.316. The van der Waals surface area contributed by atoms with Crippen molar-refractivity contribution in [2.45, 2.75) is 30.8 Å². The van der Waals surface area contributed by atoms with E-state index >= 15 is 0 Å². The molecule has 0 aromatic heterocycles. The summed E-state index contributed by atoms with van der Waals surface area (Å²) in [5, 5.41) is 29.5. The fourth-order valence-electron chi connectivity index (χ4n) is 2.42. The van der Waals surface area contributed by atoms with Crippen LogP contribution in [0.3, 0.4) is 0 Å². The number of rotatable bonds is 3. The molecule has 0 saturated carbocycles. The van der Waals surface area contributed by atoms with Crippen LogP contribution in [-0.2, 0) is 4.74 Å². The lowest BCUT2D eigenvalue weighted by Crippen LogP contribution is -2.42. The Bertz CT molecular complexity index is 430. The van der Waals surface area contributed by atoms with Crippen molar-refractivity contribution in [1.29, 1.82) is 0 Å². The lowest BCUT2D eigenvalue weighted by molar-refractivity contribution is -0.0645. The average Bonchev–Trinajstić information content (AvgIpc) is 2.61. The summed E-state index contributed by atoms with van der Waals surface area (Å²) < 4.78 is 5.56. The Morgan fingerprint density at radius 1 is 1.26 bits per heavy atom. The summed E-state index contributed by atoms with van der Waals surface area (Å²) in [6.07, 6.45) is -2.50. The highest BCUT2D eigenvalue weighted by Crippen LogP contribution is 2.41. The highest BCUT2D eigenvalue weighted by Gasteiger charge is 2.52. The van der Waals surface area contributed by atoms with Crippen molar-refractivity contribution in [2.75, 3.05) is 25.6 Å². The average molecular weight is 267 g/mol. The molecule has 1 aliphatic rings. The van der Waals surface area contributed by atoms with Crippen LogP contribution in [-0.4, -0.2) is 53.8 Å². The highest BCUT2D eigenvalue weighted by atomic mass is 16.6. The summed E-state index contributed by atoms with van der Waals surface area (Å²) in [7, 11) is 3.89. The molecule has 1 aromatic rings. The van der Waals surface area contributed by atoms with E-state index in [0.717, 1.165) is 11.3 Å². The molecule has 1 aliphatic heterocycles. The molecule has 19 heavy (non-hydrogen) atoms. The van der Waals surface area contributed by atoms with Gasteiger partial charge in [0.1, 0.15) is 23.9 Å². The second-order valence-corrected chi connectivity index (χ2v) is 5.39. The summed E-state index contributed by atoms with van der Waals surface area (Å²) in [5.74, 6) is 0. The Kier molecular flexibility index (Phi) is 3.82. The number of aliphatic hydroxyl groups excluding tert-OH is 2. The number of hydrogen-bond donors (Lipinski definition) is 3. The molecule has 3 N–H and O–H groups in total. The van der Waals surface area contributed by atoms with Crippen LogP contribution in [0.2, 0.25) is 0 Å². The van der Waals surface area contributed by atoms with Crippen molar-refractivity contribution in [3.05, 3.63) is 29.8 Å². The van der Waals surface area contributed by atoms with E-state index in [4.69, 9.17) is 9.84 Å². The van der Waals surface area contributed by atoms with Crippen molar-refractivity contribution in [3.8, 4) is 0 Å². The smallest absolute Gasteiger partial charge is 0.121 e. The third-order valence-corrected chi connectivity index (χ3v) is 3.68. The first-order valence-electron chi connectivity index (χ1n) is 6.32. The second-order valence-electron chi connectivity index (χ2n) is 5.39. The summed E-state index contributed by atoms with van der Waals surface area (Å²) >= 11 is 0. The van der Waals surface area contributed by atoms with Gasteiger partial charge in [-0.15, -0.1) is 0 Å². The summed E-state index contributed by atoms with van der Waals surface area (Å²) in [4.78, 5) is 1.98. The third kappa shape index (κ3) is 2.47. The summed E-state index contributed by atoms with van der Waals surface area (Å²) in [6, 6.07) is 7.57. The number of nitrogens with zero attached hydrogens (tertiary/aromatic N) is 1. The minimum atomic E-state index is -1.41. The van der Waals surface area contributed by atoms with Crippen LogP contribution in [0.25, 0.3) is 0 Å². The van der Waals surface area contributed by atoms with Crippen LogP contribution in [0.5, 0.6) is 0 Å². The fraction of sp³-hybridized carbons (Fsp3) is 0.571. The second kappa shape index (κ2) is 5.09. The van der Waals surface area contributed by atoms with Gasteiger partial charge in [-0.3, -0.25) is 0 Å². The molecule has 5 heteroatoms. The van der Waals surface area contributed by atoms with E-state index in [1.807, 2.05) is 43.3 Å². The number of benzene rings is 1. The standard InChI is InChI=1S/C14H21NO4/c1-14(18)12(17)11(8-16)19-13(14)9-4-6-10(7-5-9)15(2)3/h4-7,11-13,16-18H,8H2,1-3H3/t11-,12-,13+,14-/m1/s1. The van der Waals surface area contributed by atoms with Gasteiger partial charge in [-0.05, 0) is 24.6 Å². The van der Waals surface area contributed by atoms with E-state index in [0.29, 0.717) is 0 Å². The SMILES string of the molecule is CN(C)c1ccc([C@@H]2O[C@H](CO)[C@@H](O)[C@@]2(C)O)cc1. The molecule has 0 unspecified atom stereocenters. The lowest BCUT2D eigenvalue weighted by Gasteiger charge is -2.27. The Hall–Kier alpha value is -1.14. The maximum atomic E-state index is 10.4.